The Morgan fingerprint density at radius 1 is 1.45 bits per heavy atom. The van der Waals surface area contributed by atoms with Gasteiger partial charge >= 0.3 is 0 Å². The number of carbonyl (C=O) groups is 1. The minimum absolute atomic E-state index is 0.0728. The Bertz CT molecular complexity index is 653. The van der Waals surface area contributed by atoms with Gasteiger partial charge in [0.25, 0.3) is 5.91 Å². The normalized spacial score (nSPS) is 14.3. The average Bonchev–Trinajstić information content (AvgIpc) is 3.09. The number of hydrogen-bond donors (Lipinski definition) is 1. The van der Waals surface area contributed by atoms with Crippen LogP contribution in [0.25, 0.3) is 0 Å². The first-order valence-electron chi connectivity index (χ1n) is 8.00. The van der Waals surface area contributed by atoms with E-state index in [2.05, 4.69) is 26.9 Å². The molecule has 118 valence electrons. The molecule has 0 aromatic carbocycles. The monoisotopic (exact) mass is 301 g/mol. The highest BCUT2D eigenvalue weighted by Crippen LogP contribution is 2.31. The molecule has 0 saturated heterocycles. The second kappa shape index (κ2) is 6.34. The van der Waals surface area contributed by atoms with Crippen LogP contribution in [0.2, 0.25) is 0 Å². The Balaban J connectivity index is 1.55. The summed E-state index contributed by atoms with van der Waals surface area (Å²) in [6, 6.07) is 1.75. The van der Waals surface area contributed by atoms with Gasteiger partial charge in [-0.05, 0) is 38.7 Å². The van der Waals surface area contributed by atoms with Crippen LogP contribution in [0, 0.1) is 12.8 Å². The van der Waals surface area contributed by atoms with Crippen LogP contribution in [0.15, 0.2) is 18.5 Å². The number of amides is 1. The molecule has 0 atom stereocenters. The lowest BCUT2D eigenvalue weighted by Gasteiger charge is -2.10. The maximum atomic E-state index is 12.2. The number of nitrogens with zero attached hydrogens (tertiary/aromatic N) is 4. The average molecular weight is 301 g/mol. The third-order valence-electron chi connectivity index (χ3n) is 4.16. The highest BCUT2D eigenvalue weighted by Gasteiger charge is 2.23. The van der Waals surface area contributed by atoms with Crippen LogP contribution in [-0.4, -0.2) is 31.8 Å². The van der Waals surface area contributed by atoms with Gasteiger partial charge in [0.05, 0.1) is 0 Å². The van der Waals surface area contributed by atoms with Crippen molar-refractivity contribution in [2.45, 2.75) is 46.2 Å². The highest BCUT2D eigenvalue weighted by atomic mass is 16.2. The van der Waals surface area contributed by atoms with Gasteiger partial charge in [-0.3, -0.25) is 9.48 Å². The zero-order valence-electron chi connectivity index (χ0n) is 13.2. The van der Waals surface area contributed by atoms with Crippen molar-refractivity contribution in [1.82, 2.24) is 24.6 Å². The van der Waals surface area contributed by atoms with E-state index in [1.807, 2.05) is 13.1 Å². The standard InChI is InChI=1S/C16H23N5O/c1-3-21-14(6-9-19-21)16(22)17-8-7-15-18-10-12(2)20(15)11-13-4-5-13/h6,9-10,13H,3-5,7-8,11H2,1-2H3,(H,17,22). The van der Waals surface area contributed by atoms with Gasteiger partial charge in [0, 0.05) is 44.1 Å². The molecule has 0 aliphatic heterocycles. The molecule has 0 radical (unpaired) electrons. The van der Waals surface area contributed by atoms with E-state index >= 15 is 0 Å². The van der Waals surface area contributed by atoms with Crippen LogP contribution in [0.5, 0.6) is 0 Å². The van der Waals surface area contributed by atoms with E-state index in [4.69, 9.17) is 0 Å². The molecule has 0 unspecified atom stereocenters. The van der Waals surface area contributed by atoms with Crippen molar-refractivity contribution < 1.29 is 4.79 Å². The Hall–Kier alpha value is -2.11. The molecule has 1 fully saturated rings. The first-order valence-corrected chi connectivity index (χ1v) is 8.00. The van der Waals surface area contributed by atoms with Crippen LogP contribution in [0.4, 0.5) is 0 Å². The Morgan fingerprint density at radius 2 is 2.27 bits per heavy atom. The molecule has 6 nitrogen and oxygen atoms in total. The molecule has 0 bridgehead atoms. The van der Waals surface area contributed by atoms with Crippen molar-refractivity contribution in [2.24, 2.45) is 5.92 Å². The molecule has 1 saturated carbocycles. The van der Waals surface area contributed by atoms with Crippen molar-refractivity contribution in [3.8, 4) is 0 Å². The Labute approximate surface area is 130 Å². The summed E-state index contributed by atoms with van der Waals surface area (Å²) in [5.74, 6) is 1.81. The van der Waals surface area contributed by atoms with Crippen LogP contribution in [0.1, 0.15) is 41.8 Å². The lowest BCUT2D eigenvalue weighted by Crippen LogP contribution is -2.28. The zero-order valence-corrected chi connectivity index (χ0v) is 13.2. The summed E-state index contributed by atoms with van der Waals surface area (Å²) >= 11 is 0. The molecule has 6 heteroatoms. The molecule has 1 amide bonds. The summed E-state index contributed by atoms with van der Waals surface area (Å²) in [5, 5.41) is 7.08. The molecular weight excluding hydrogens is 278 g/mol. The van der Waals surface area contributed by atoms with Gasteiger partial charge in [-0.2, -0.15) is 5.10 Å². The Kier molecular flexibility index (Phi) is 4.27. The van der Waals surface area contributed by atoms with E-state index in [1.165, 1.54) is 18.5 Å². The molecule has 3 rings (SSSR count). The fourth-order valence-corrected chi connectivity index (χ4v) is 2.67. The number of aromatic nitrogens is 4. The summed E-state index contributed by atoms with van der Waals surface area (Å²) in [4.78, 5) is 16.6. The first kappa shape index (κ1) is 14.8. The fourth-order valence-electron chi connectivity index (χ4n) is 2.67. The van der Waals surface area contributed by atoms with Crippen molar-refractivity contribution in [3.05, 3.63) is 35.7 Å². The van der Waals surface area contributed by atoms with Crippen molar-refractivity contribution >= 4 is 5.91 Å². The topological polar surface area (TPSA) is 64.7 Å². The van der Waals surface area contributed by atoms with Crippen molar-refractivity contribution in [1.29, 1.82) is 0 Å². The minimum atomic E-state index is -0.0728. The van der Waals surface area contributed by atoms with Crippen molar-refractivity contribution in [2.75, 3.05) is 6.54 Å². The van der Waals surface area contributed by atoms with Crippen LogP contribution in [-0.2, 0) is 19.5 Å². The van der Waals surface area contributed by atoms with Crippen LogP contribution >= 0.6 is 0 Å². The van der Waals surface area contributed by atoms with E-state index in [-0.39, 0.29) is 5.91 Å². The molecule has 1 aliphatic carbocycles. The second-order valence-corrected chi connectivity index (χ2v) is 5.91. The summed E-state index contributed by atoms with van der Waals surface area (Å²) in [6.07, 6.45) is 6.99. The molecule has 22 heavy (non-hydrogen) atoms. The molecule has 1 aliphatic rings. The SMILES string of the molecule is CCn1nccc1C(=O)NCCc1ncc(C)n1CC1CC1. The number of carbonyl (C=O) groups excluding carboxylic acids is 1. The van der Waals surface area contributed by atoms with Gasteiger partial charge in [-0.15, -0.1) is 0 Å². The van der Waals surface area contributed by atoms with E-state index in [1.54, 1.807) is 16.9 Å². The second-order valence-electron chi connectivity index (χ2n) is 5.91. The van der Waals surface area contributed by atoms with E-state index in [0.717, 1.165) is 24.7 Å². The lowest BCUT2D eigenvalue weighted by atomic mass is 10.3. The predicted octanol–water partition coefficient (Wildman–Crippen LogP) is 1.79. The zero-order chi connectivity index (χ0) is 15.5. The fraction of sp³-hybridized carbons (Fsp3) is 0.562. The molecule has 2 aromatic heterocycles. The summed E-state index contributed by atoms with van der Waals surface area (Å²) < 4.78 is 3.99. The molecule has 0 spiro atoms. The largest absolute Gasteiger partial charge is 0.350 e. The smallest absolute Gasteiger partial charge is 0.269 e. The van der Waals surface area contributed by atoms with Gasteiger partial charge < -0.3 is 9.88 Å². The quantitative estimate of drug-likeness (QED) is 0.848. The van der Waals surface area contributed by atoms with Gasteiger partial charge in [-0.1, -0.05) is 0 Å². The number of rotatable bonds is 7. The summed E-state index contributed by atoms with van der Waals surface area (Å²) in [7, 11) is 0. The number of hydrogen-bond acceptors (Lipinski definition) is 3. The molecule has 2 aromatic rings. The highest BCUT2D eigenvalue weighted by molar-refractivity contribution is 5.92. The maximum absolute atomic E-state index is 12.2. The minimum Gasteiger partial charge on any atom is -0.350 e. The number of nitrogens with one attached hydrogen (secondary N) is 1. The third kappa shape index (κ3) is 3.21. The molecular formula is C16H23N5O. The van der Waals surface area contributed by atoms with Gasteiger partial charge in [0.1, 0.15) is 11.5 Å². The van der Waals surface area contributed by atoms with Crippen LogP contribution < -0.4 is 5.32 Å². The predicted molar refractivity (Wildman–Crippen MR) is 83.6 cm³/mol. The van der Waals surface area contributed by atoms with Gasteiger partial charge in [-0.25, -0.2) is 4.98 Å². The summed E-state index contributed by atoms with van der Waals surface area (Å²) in [6.45, 7) is 6.42. The summed E-state index contributed by atoms with van der Waals surface area (Å²) in [5.41, 5.74) is 1.82. The van der Waals surface area contributed by atoms with Gasteiger partial charge in [0.2, 0.25) is 0 Å². The first-order chi connectivity index (χ1) is 10.7. The van der Waals surface area contributed by atoms with E-state index in [9.17, 15) is 4.79 Å². The number of aryl methyl sites for hydroxylation is 2. The molecule has 1 N–H and O–H groups in total. The maximum Gasteiger partial charge on any atom is 0.269 e. The van der Waals surface area contributed by atoms with Gasteiger partial charge in [0.15, 0.2) is 0 Å². The van der Waals surface area contributed by atoms with E-state index < -0.39 is 0 Å². The van der Waals surface area contributed by atoms with Crippen molar-refractivity contribution in [3.63, 3.8) is 0 Å². The van der Waals surface area contributed by atoms with Crippen LogP contribution in [0.3, 0.4) is 0 Å². The molecule has 2 heterocycles. The van der Waals surface area contributed by atoms with E-state index in [0.29, 0.717) is 18.8 Å². The Morgan fingerprint density at radius 3 is 3.00 bits per heavy atom. The number of imidazole rings is 1. The lowest BCUT2D eigenvalue weighted by molar-refractivity contribution is 0.0943. The third-order valence-corrected chi connectivity index (χ3v) is 4.16.